The second kappa shape index (κ2) is 17.4. The lowest BCUT2D eigenvalue weighted by atomic mass is 10.00. The molecular weight excluding hydrogens is 604 g/mol. The van der Waals surface area contributed by atoms with Crippen LogP contribution in [0.1, 0.15) is 49.0 Å². The number of fused-ring (bicyclic) bond motifs is 1. The van der Waals surface area contributed by atoms with E-state index in [1.54, 1.807) is 24.3 Å². The maximum atomic E-state index is 13.4. The summed E-state index contributed by atoms with van der Waals surface area (Å²) >= 11 is 0. The van der Waals surface area contributed by atoms with Crippen molar-refractivity contribution >= 4 is 29.5 Å². The maximum absolute atomic E-state index is 13.4. The first kappa shape index (κ1) is 35.4. The zero-order valence-corrected chi connectivity index (χ0v) is 27.1. The summed E-state index contributed by atoms with van der Waals surface area (Å²) in [5.74, 6) is -2.39. The van der Waals surface area contributed by atoms with Gasteiger partial charge in [0, 0.05) is 32.6 Å². The van der Waals surface area contributed by atoms with Crippen molar-refractivity contribution in [3.05, 3.63) is 65.7 Å². The van der Waals surface area contributed by atoms with Crippen LogP contribution in [0.15, 0.2) is 54.6 Å². The first-order valence-electron chi connectivity index (χ1n) is 16.2. The van der Waals surface area contributed by atoms with Gasteiger partial charge in [-0.1, -0.05) is 42.5 Å². The molecule has 0 bridgehead atoms. The summed E-state index contributed by atoms with van der Waals surface area (Å²) in [6.45, 7) is 7.63. The Bertz CT molecular complexity index is 1380. The summed E-state index contributed by atoms with van der Waals surface area (Å²) in [7, 11) is 0. The molecule has 0 radical (unpaired) electrons. The van der Waals surface area contributed by atoms with Crippen molar-refractivity contribution in [3.63, 3.8) is 0 Å². The van der Waals surface area contributed by atoms with E-state index in [9.17, 15) is 24.0 Å². The van der Waals surface area contributed by atoms with Crippen LogP contribution in [0.4, 0.5) is 0 Å². The van der Waals surface area contributed by atoms with Gasteiger partial charge in [0.25, 0.3) is 5.91 Å². The van der Waals surface area contributed by atoms with E-state index >= 15 is 0 Å². The van der Waals surface area contributed by atoms with Crippen LogP contribution >= 0.6 is 0 Å². The van der Waals surface area contributed by atoms with E-state index in [4.69, 9.17) is 9.47 Å². The second-order valence-corrected chi connectivity index (χ2v) is 12.2. The summed E-state index contributed by atoms with van der Waals surface area (Å²) in [5.41, 5.74) is -0.390. The van der Waals surface area contributed by atoms with Gasteiger partial charge in [-0.3, -0.25) is 28.9 Å². The Morgan fingerprint density at radius 3 is 2.45 bits per heavy atom. The fourth-order valence-corrected chi connectivity index (χ4v) is 5.32. The van der Waals surface area contributed by atoms with E-state index < -0.39 is 47.7 Å². The summed E-state index contributed by atoms with van der Waals surface area (Å²) < 4.78 is 11.3. The SMILES string of the molecule is CC1(C)NC(=O)C[C@@H](C(=O)NCCCN2CCOCC2)NC(=O)c2ccccc2OCCCNC(=O)[C@H](Cc2ccccc2)NC1=O. The molecule has 5 N–H and O–H groups in total. The molecule has 0 aliphatic carbocycles. The van der Waals surface area contributed by atoms with Gasteiger partial charge < -0.3 is 36.1 Å². The van der Waals surface area contributed by atoms with Crippen molar-refractivity contribution in [2.24, 2.45) is 0 Å². The summed E-state index contributed by atoms with van der Waals surface area (Å²) in [4.78, 5) is 69.0. The molecule has 0 saturated carbocycles. The first-order chi connectivity index (χ1) is 22.6. The predicted molar refractivity (Wildman–Crippen MR) is 175 cm³/mol. The number of carbonyl (C=O) groups is 5. The molecule has 1 fully saturated rings. The van der Waals surface area contributed by atoms with E-state index in [2.05, 4.69) is 31.5 Å². The molecule has 2 aliphatic rings. The van der Waals surface area contributed by atoms with E-state index in [1.165, 1.54) is 13.8 Å². The van der Waals surface area contributed by atoms with Crippen LogP contribution in [0.2, 0.25) is 0 Å². The van der Waals surface area contributed by atoms with Gasteiger partial charge in [0.15, 0.2) is 0 Å². The predicted octanol–water partition coefficient (Wildman–Crippen LogP) is 0.535. The zero-order chi connectivity index (χ0) is 33.6. The lowest BCUT2D eigenvalue weighted by Gasteiger charge is -2.29. The lowest BCUT2D eigenvalue weighted by Crippen LogP contribution is -2.60. The fourth-order valence-electron chi connectivity index (χ4n) is 5.32. The molecule has 254 valence electrons. The van der Waals surface area contributed by atoms with E-state index in [-0.39, 0.29) is 31.0 Å². The van der Waals surface area contributed by atoms with E-state index in [0.29, 0.717) is 38.3 Å². The summed E-state index contributed by atoms with van der Waals surface area (Å²) in [6.07, 6.45) is 0.936. The number of ether oxygens (including phenoxy) is 2. The Labute approximate surface area is 275 Å². The average Bonchev–Trinajstić information content (AvgIpc) is 3.06. The van der Waals surface area contributed by atoms with Crippen LogP contribution in [0, 0.1) is 0 Å². The number of carbonyl (C=O) groups excluding carboxylic acids is 5. The second-order valence-electron chi connectivity index (χ2n) is 12.2. The molecule has 5 amide bonds. The van der Waals surface area contributed by atoms with Crippen LogP contribution in [-0.4, -0.2) is 105 Å². The minimum absolute atomic E-state index is 0.197. The molecule has 47 heavy (non-hydrogen) atoms. The zero-order valence-electron chi connectivity index (χ0n) is 27.1. The van der Waals surface area contributed by atoms with Gasteiger partial charge in [-0.05, 0) is 50.9 Å². The Morgan fingerprint density at radius 1 is 0.957 bits per heavy atom. The quantitative estimate of drug-likeness (QED) is 0.271. The van der Waals surface area contributed by atoms with E-state index in [1.807, 2.05) is 30.3 Å². The van der Waals surface area contributed by atoms with Crippen molar-refractivity contribution in [1.82, 2.24) is 31.5 Å². The number of hydrogen-bond donors (Lipinski definition) is 5. The molecule has 2 aromatic carbocycles. The number of para-hydroxylation sites is 1. The number of nitrogens with one attached hydrogen (secondary N) is 5. The third-order valence-corrected chi connectivity index (χ3v) is 8.00. The molecular formula is C34H46N6O7. The van der Waals surface area contributed by atoms with Crippen molar-refractivity contribution in [2.45, 2.75) is 57.2 Å². The number of benzene rings is 2. The van der Waals surface area contributed by atoms with Gasteiger partial charge in [-0.2, -0.15) is 0 Å². The van der Waals surface area contributed by atoms with Gasteiger partial charge in [0.2, 0.25) is 23.6 Å². The molecule has 0 spiro atoms. The van der Waals surface area contributed by atoms with Crippen LogP contribution in [0.5, 0.6) is 5.75 Å². The summed E-state index contributed by atoms with van der Waals surface area (Å²) in [5, 5.41) is 13.9. The topological polar surface area (TPSA) is 167 Å². The van der Waals surface area contributed by atoms with Crippen molar-refractivity contribution in [3.8, 4) is 5.75 Å². The van der Waals surface area contributed by atoms with E-state index in [0.717, 1.165) is 25.2 Å². The molecule has 1 saturated heterocycles. The third-order valence-electron chi connectivity index (χ3n) is 8.00. The smallest absolute Gasteiger partial charge is 0.255 e. The third kappa shape index (κ3) is 11.1. The number of rotatable bonds is 7. The average molecular weight is 651 g/mol. The number of amides is 5. The van der Waals surface area contributed by atoms with Gasteiger partial charge in [-0.25, -0.2) is 0 Å². The van der Waals surface area contributed by atoms with Crippen molar-refractivity contribution < 1.29 is 33.4 Å². The van der Waals surface area contributed by atoms with Crippen molar-refractivity contribution in [2.75, 3.05) is 52.5 Å². The van der Waals surface area contributed by atoms with Crippen LogP contribution in [0.3, 0.4) is 0 Å². The summed E-state index contributed by atoms with van der Waals surface area (Å²) in [6, 6.07) is 13.8. The number of nitrogens with zero attached hydrogens (tertiary/aromatic N) is 1. The molecule has 2 aromatic rings. The van der Waals surface area contributed by atoms with Gasteiger partial charge in [-0.15, -0.1) is 0 Å². The molecule has 0 unspecified atom stereocenters. The minimum Gasteiger partial charge on any atom is -0.493 e. The highest BCUT2D eigenvalue weighted by Crippen LogP contribution is 2.19. The molecule has 2 heterocycles. The van der Waals surface area contributed by atoms with Gasteiger partial charge in [0.05, 0.1) is 31.8 Å². The van der Waals surface area contributed by atoms with Crippen LogP contribution in [0.25, 0.3) is 0 Å². The monoisotopic (exact) mass is 650 g/mol. The molecule has 13 nitrogen and oxygen atoms in total. The minimum atomic E-state index is -1.44. The molecule has 4 rings (SSSR count). The van der Waals surface area contributed by atoms with Gasteiger partial charge in [0.1, 0.15) is 23.4 Å². The molecule has 13 heteroatoms. The Kier molecular flexibility index (Phi) is 13.1. The standard InChI is InChI=1S/C34H46N6O7/c1-34(2)33(45)38-26(22-24-10-4-3-5-11-24)31(43)36-15-9-19-47-28-13-7-6-12-25(28)30(42)37-27(23-29(41)39-34)32(44)35-14-8-16-40-17-20-46-21-18-40/h3-7,10-13,26-27H,8-9,14-23H2,1-2H3,(H,35,44)(H,36,43)(H,37,42)(H,38,45)(H,39,41)/t26-,27-/m0/s1. The highest BCUT2D eigenvalue weighted by Gasteiger charge is 2.35. The number of hydrogen-bond acceptors (Lipinski definition) is 8. The molecule has 2 atom stereocenters. The largest absolute Gasteiger partial charge is 0.493 e. The Balaban J connectivity index is 1.51. The normalized spacial score (nSPS) is 21.7. The fraction of sp³-hybridized carbons (Fsp3) is 0.500. The Morgan fingerprint density at radius 2 is 1.68 bits per heavy atom. The lowest BCUT2D eigenvalue weighted by molar-refractivity contribution is -0.135. The van der Waals surface area contributed by atoms with Crippen LogP contribution < -0.4 is 31.3 Å². The molecule has 2 aliphatic heterocycles. The van der Waals surface area contributed by atoms with Crippen LogP contribution in [-0.2, 0) is 30.3 Å². The van der Waals surface area contributed by atoms with Gasteiger partial charge >= 0.3 is 0 Å². The highest BCUT2D eigenvalue weighted by atomic mass is 16.5. The molecule has 0 aromatic heterocycles. The number of morpholine rings is 1. The maximum Gasteiger partial charge on any atom is 0.255 e. The first-order valence-corrected chi connectivity index (χ1v) is 16.2. The van der Waals surface area contributed by atoms with Crippen molar-refractivity contribution in [1.29, 1.82) is 0 Å². The Hall–Kier alpha value is -4.49. The highest BCUT2D eigenvalue weighted by molar-refractivity contribution is 6.01.